The molecule has 4 aromatic rings. The number of rotatable bonds is 7. The number of nitrogens with zero attached hydrogens (tertiary/aromatic N) is 4. The summed E-state index contributed by atoms with van der Waals surface area (Å²) >= 11 is 0. The molecule has 0 unspecified atom stereocenters. The second-order valence-corrected chi connectivity index (χ2v) is 9.32. The molecule has 0 radical (unpaired) electrons. The molecular formula is C23H21N7O4S. The Balaban J connectivity index is 1.33. The zero-order chi connectivity index (χ0) is 24.8. The molecular weight excluding hydrogens is 470 g/mol. The molecule has 12 heteroatoms. The number of amides is 2. The van der Waals surface area contributed by atoms with Gasteiger partial charge in [-0.05, 0) is 41.1 Å². The number of hydrazine groups is 1. The summed E-state index contributed by atoms with van der Waals surface area (Å²) in [5.74, 6) is -0.589. The van der Waals surface area contributed by atoms with Crippen molar-refractivity contribution in [2.45, 2.75) is 6.54 Å². The van der Waals surface area contributed by atoms with Crippen molar-refractivity contribution >= 4 is 27.5 Å². The number of carbonyl (C=O) groups is 2. The molecule has 2 amide bonds. The second-order valence-electron chi connectivity index (χ2n) is 7.57. The van der Waals surface area contributed by atoms with Gasteiger partial charge in [0.25, 0.3) is 11.8 Å². The Morgan fingerprint density at radius 3 is 2.23 bits per heavy atom. The summed E-state index contributed by atoms with van der Waals surface area (Å²) in [5.41, 5.74) is 7.11. The van der Waals surface area contributed by atoms with E-state index in [2.05, 4.69) is 31.0 Å². The highest BCUT2D eigenvalue weighted by molar-refractivity contribution is 7.92. The molecule has 0 saturated carbocycles. The predicted molar refractivity (Wildman–Crippen MR) is 129 cm³/mol. The summed E-state index contributed by atoms with van der Waals surface area (Å²) in [5, 5.41) is 12.5. The van der Waals surface area contributed by atoms with E-state index in [1.807, 2.05) is 30.3 Å². The normalized spacial score (nSPS) is 11.0. The van der Waals surface area contributed by atoms with Gasteiger partial charge in [-0.15, -0.1) is 10.2 Å². The lowest BCUT2D eigenvalue weighted by Crippen LogP contribution is -2.41. The van der Waals surface area contributed by atoms with Crippen molar-refractivity contribution < 1.29 is 18.0 Å². The largest absolute Gasteiger partial charge is 0.284 e. The number of benzene rings is 3. The average molecular weight is 492 g/mol. The van der Waals surface area contributed by atoms with Crippen molar-refractivity contribution in [3.05, 3.63) is 95.6 Å². The lowest BCUT2D eigenvalue weighted by Gasteiger charge is -2.09. The maximum absolute atomic E-state index is 12.4. The summed E-state index contributed by atoms with van der Waals surface area (Å²) in [6.45, 7) is 0.371. The molecule has 1 heterocycles. The van der Waals surface area contributed by atoms with Gasteiger partial charge in [0.05, 0.1) is 12.8 Å². The van der Waals surface area contributed by atoms with E-state index in [9.17, 15) is 18.0 Å². The highest BCUT2D eigenvalue weighted by Gasteiger charge is 2.11. The number of nitrogens with one attached hydrogen (secondary N) is 3. The van der Waals surface area contributed by atoms with E-state index < -0.39 is 21.8 Å². The molecule has 35 heavy (non-hydrogen) atoms. The molecule has 4 rings (SSSR count). The first kappa shape index (κ1) is 23.6. The van der Waals surface area contributed by atoms with Crippen molar-refractivity contribution in [2.75, 3.05) is 11.0 Å². The standard InChI is InChI=1S/C23H21N7O4S/c1-35(33,34)28-20-9-5-8-19(14-20)23(32)26-25-22(31)18-12-10-16(11-13-18)15-30-27-21(24-29-30)17-6-3-2-4-7-17/h2-14,28H,15H2,1H3,(H,25,31)(H,26,32). The van der Waals surface area contributed by atoms with E-state index in [1.54, 1.807) is 24.3 Å². The van der Waals surface area contributed by atoms with Crippen molar-refractivity contribution in [1.82, 2.24) is 31.1 Å². The van der Waals surface area contributed by atoms with E-state index >= 15 is 0 Å². The third-order valence-electron chi connectivity index (χ3n) is 4.74. The highest BCUT2D eigenvalue weighted by atomic mass is 32.2. The number of sulfonamides is 1. The van der Waals surface area contributed by atoms with Crippen molar-refractivity contribution in [3.63, 3.8) is 0 Å². The third kappa shape index (κ3) is 6.48. The lowest BCUT2D eigenvalue weighted by atomic mass is 10.1. The van der Waals surface area contributed by atoms with E-state index in [-0.39, 0.29) is 11.3 Å². The SMILES string of the molecule is CS(=O)(=O)Nc1cccc(C(=O)NNC(=O)c2ccc(Cn3nnc(-c4ccccc4)n3)cc2)c1. The number of anilines is 1. The number of hydrogen-bond donors (Lipinski definition) is 3. The Morgan fingerprint density at radius 2 is 1.54 bits per heavy atom. The smallest absolute Gasteiger partial charge is 0.269 e. The molecule has 0 aliphatic heterocycles. The number of aromatic nitrogens is 4. The van der Waals surface area contributed by atoms with Crippen LogP contribution < -0.4 is 15.6 Å². The van der Waals surface area contributed by atoms with Gasteiger partial charge in [-0.2, -0.15) is 4.80 Å². The predicted octanol–water partition coefficient (Wildman–Crippen LogP) is 1.83. The summed E-state index contributed by atoms with van der Waals surface area (Å²) in [4.78, 5) is 26.2. The van der Waals surface area contributed by atoms with Crippen LogP contribution in [0.25, 0.3) is 11.4 Å². The first-order valence-corrected chi connectivity index (χ1v) is 12.3. The molecule has 0 aliphatic carbocycles. The molecule has 3 aromatic carbocycles. The molecule has 0 saturated heterocycles. The van der Waals surface area contributed by atoms with Gasteiger partial charge in [-0.25, -0.2) is 8.42 Å². The van der Waals surface area contributed by atoms with Crippen LogP contribution in [0.3, 0.4) is 0 Å². The van der Waals surface area contributed by atoms with E-state index in [4.69, 9.17) is 0 Å². The maximum Gasteiger partial charge on any atom is 0.269 e. The van der Waals surface area contributed by atoms with Gasteiger partial charge in [-0.1, -0.05) is 48.5 Å². The third-order valence-corrected chi connectivity index (χ3v) is 5.35. The minimum absolute atomic E-state index is 0.171. The second kappa shape index (κ2) is 10.1. The Hall–Kier alpha value is -4.58. The zero-order valence-corrected chi connectivity index (χ0v) is 19.4. The van der Waals surface area contributed by atoms with Crippen LogP contribution in [-0.2, 0) is 16.6 Å². The molecule has 1 aromatic heterocycles. The fourth-order valence-corrected chi connectivity index (χ4v) is 3.69. The molecule has 3 N–H and O–H groups in total. The van der Waals surface area contributed by atoms with Crippen LogP contribution >= 0.6 is 0 Å². The van der Waals surface area contributed by atoms with Gasteiger partial charge in [-0.3, -0.25) is 25.2 Å². The topological polar surface area (TPSA) is 148 Å². The molecule has 178 valence electrons. The first-order valence-electron chi connectivity index (χ1n) is 10.4. The molecule has 0 aliphatic rings. The fourth-order valence-electron chi connectivity index (χ4n) is 3.13. The van der Waals surface area contributed by atoms with Gasteiger partial charge >= 0.3 is 0 Å². The van der Waals surface area contributed by atoms with Gasteiger partial charge < -0.3 is 0 Å². The van der Waals surface area contributed by atoms with Gasteiger partial charge in [0, 0.05) is 22.4 Å². The van der Waals surface area contributed by atoms with Crippen LogP contribution in [0.5, 0.6) is 0 Å². The van der Waals surface area contributed by atoms with Crippen LogP contribution in [0, 0.1) is 0 Å². The Labute approximate surface area is 201 Å². The molecule has 0 atom stereocenters. The van der Waals surface area contributed by atoms with Crippen molar-refractivity contribution in [2.24, 2.45) is 0 Å². The quantitative estimate of drug-likeness (QED) is 0.334. The number of tetrazole rings is 1. The summed E-state index contributed by atoms with van der Waals surface area (Å²) in [6.07, 6.45) is 1.01. The van der Waals surface area contributed by atoms with Crippen LogP contribution in [-0.4, -0.2) is 46.7 Å². The molecule has 11 nitrogen and oxygen atoms in total. The minimum atomic E-state index is -3.48. The number of hydrogen-bond acceptors (Lipinski definition) is 7. The first-order chi connectivity index (χ1) is 16.8. The summed E-state index contributed by atoms with van der Waals surface area (Å²) in [7, 11) is -3.48. The van der Waals surface area contributed by atoms with Crippen molar-refractivity contribution in [1.29, 1.82) is 0 Å². The summed E-state index contributed by atoms with van der Waals surface area (Å²) < 4.78 is 25.0. The average Bonchev–Trinajstić information content (AvgIpc) is 3.31. The molecule has 0 spiro atoms. The van der Waals surface area contributed by atoms with E-state index in [0.29, 0.717) is 17.9 Å². The Bertz CT molecular complexity index is 1450. The van der Waals surface area contributed by atoms with Gasteiger partial charge in [0.2, 0.25) is 15.8 Å². The monoisotopic (exact) mass is 491 g/mol. The molecule has 0 bridgehead atoms. The van der Waals surface area contributed by atoms with Crippen LogP contribution in [0.1, 0.15) is 26.3 Å². The zero-order valence-electron chi connectivity index (χ0n) is 18.5. The number of carbonyl (C=O) groups excluding carboxylic acids is 2. The highest BCUT2D eigenvalue weighted by Crippen LogP contribution is 2.13. The van der Waals surface area contributed by atoms with Crippen LogP contribution in [0.15, 0.2) is 78.9 Å². The lowest BCUT2D eigenvalue weighted by molar-refractivity contribution is 0.0846. The van der Waals surface area contributed by atoms with E-state index in [1.165, 1.54) is 29.1 Å². The van der Waals surface area contributed by atoms with Crippen molar-refractivity contribution in [3.8, 4) is 11.4 Å². The van der Waals surface area contributed by atoms with Crippen LogP contribution in [0.2, 0.25) is 0 Å². The minimum Gasteiger partial charge on any atom is -0.284 e. The summed E-state index contributed by atoms with van der Waals surface area (Å²) in [6, 6.07) is 22.1. The van der Waals surface area contributed by atoms with Gasteiger partial charge in [0.1, 0.15) is 0 Å². The van der Waals surface area contributed by atoms with E-state index in [0.717, 1.165) is 17.4 Å². The molecule has 0 fully saturated rings. The Kier molecular flexibility index (Phi) is 6.83. The fraction of sp³-hybridized carbons (Fsp3) is 0.0870. The Morgan fingerprint density at radius 1 is 0.857 bits per heavy atom. The maximum atomic E-state index is 12.4. The van der Waals surface area contributed by atoms with Crippen LogP contribution in [0.4, 0.5) is 5.69 Å². The van der Waals surface area contributed by atoms with Gasteiger partial charge in [0.15, 0.2) is 0 Å².